The Morgan fingerprint density at radius 2 is 1.80 bits per heavy atom. The van der Waals surface area contributed by atoms with Crippen LogP contribution in [0.1, 0.15) is 59.2 Å². The van der Waals surface area contributed by atoms with Crippen LogP contribution in [0.4, 0.5) is 0 Å². The first-order chi connectivity index (χ1) is 16.9. The van der Waals surface area contributed by atoms with Crippen molar-refractivity contribution in [3.63, 3.8) is 0 Å². The second kappa shape index (κ2) is 11.0. The number of nitrogens with two attached hydrogens (primary N) is 1. The van der Waals surface area contributed by atoms with Gasteiger partial charge in [-0.05, 0) is 63.4 Å². The minimum absolute atomic E-state index is 0.0561. The molecule has 4 rings (SSSR count). The van der Waals surface area contributed by atoms with Crippen LogP contribution in [-0.4, -0.2) is 84.2 Å². The smallest absolute Gasteiger partial charge is 0.262 e. The summed E-state index contributed by atoms with van der Waals surface area (Å²) in [6.07, 6.45) is 4.00. The summed E-state index contributed by atoms with van der Waals surface area (Å²) in [5.41, 5.74) is 5.81. The lowest BCUT2D eigenvalue weighted by molar-refractivity contribution is -0.136. The summed E-state index contributed by atoms with van der Waals surface area (Å²) in [5.74, 6) is -2.26. The number of hydrogen-bond acceptors (Lipinski definition) is 8. The quantitative estimate of drug-likeness (QED) is 0.321. The van der Waals surface area contributed by atoms with Crippen molar-refractivity contribution in [2.45, 2.75) is 50.6 Å². The van der Waals surface area contributed by atoms with Crippen molar-refractivity contribution < 1.29 is 28.7 Å². The number of fused-ring (bicyclic) bond motifs is 1. The van der Waals surface area contributed by atoms with E-state index in [2.05, 4.69) is 15.5 Å². The molecule has 3 heterocycles. The van der Waals surface area contributed by atoms with Gasteiger partial charge in [-0.3, -0.25) is 34.2 Å². The molecule has 11 nitrogen and oxygen atoms in total. The van der Waals surface area contributed by atoms with Gasteiger partial charge < -0.3 is 20.7 Å². The molecule has 1 aromatic rings. The number of imide groups is 2. The molecular weight excluding hydrogens is 454 g/mol. The number of rotatable bonds is 9. The molecule has 1 aromatic carbocycles. The molecule has 35 heavy (non-hydrogen) atoms. The molecule has 3 aliphatic rings. The normalized spacial score (nSPS) is 21.2. The number of hydrogen-bond donors (Lipinski definition) is 3. The molecule has 4 N–H and O–H groups in total. The lowest BCUT2D eigenvalue weighted by Gasteiger charge is -2.32. The van der Waals surface area contributed by atoms with Gasteiger partial charge in [0.1, 0.15) is 11.8 Å². The van der Waals surface area contributed by atoms with E-state index in [1.165, 1.54) is 18.2 Å². The first kappa shape index (κ1) is 24.8. The zero-order chi connectivity index (χ0) is 24.9. The van der Waals surface area contributed by atoms with Gasteiger partial charge in [-0.25, -0.2) is 0 Å². The summed E-state index contributed by atoms with van der Waals surface area (Å²) < 4.78 is 5.58. The first-order valence-corrected chi connectivity index (χ1v) is 12.1. The highest BCUT2D eigenvalue weighted by Gasteiger charge is 2.44. The molecule has 1 atom stereocenters. The zero-order valence-electron chi connectivity index (χ0n) is 19.6. The zero-order valence-corrected chi connectivity index (χ0v) is 19.6. The van der Waals surface area contributed by atoms with E-state index >= 15 is 0 Å². The Balaban J connectivity index is 1.28. The van der Waals surface area contributed by atoms with Crippen molar-refractivity contribution in [3.05, 3.63) is 29.3 Å². The van der Waals surface area contributed by atoms with Gasteiger partial charge in [-0.15, -0.1) is 0 Å². The molecule has 2 fully saturated rings. The van der Waals surface area contributed by atoms with Gasteiger partial charge in [0.05, 0.1) is 11.1 Å². The molecule has 2 saturated heterocycles. The fraction of sp³-hybridized carbons (Fsp3) is 0.542. The van der Waals surface area contributed by atoms with E-state index in [-0.39, 0.29) is 48.3 Å². The molecule has 0 aromatic heterocycles. The molecule has 0 bridgehead atoms. The third kappa shape index (κ3) is 5.68. The van der Waals surface area contributed by atoms with Crippen LogP contribution in [0.25, 0.3) is 0 Å². The summed E-state index contributed by atoms with van der Waals surface area (Å²) >= 11 is 0. The molecule has 5 amide bonds. The fourth-order valence-corrected chi connectivity index (χ4v) is 4.74. The van der Waals surface area contributed by atoms with Crippen molar-refractivity contribution in [2.24, 2.45) is 5.73 Å². The van der Waals surface area contributed by atoms with Crippen molar-refractivity contribution in [1.82, 2.24) is 20.4 Å². The minimum Gasteiger partial charge on any atom is -0.484 e. The first-order valence-electron chi connectivity index (χ1n) is 12.1. The molecule has 0 radical (unpaired) electrons. The van der Waals surface area contributed by atoms with E-state index in [1.54, 1.807) is 0 Å². The number of piperidine rings is 2. The monoisotopic (exact) mass is 485 g/mol. The number of likely N-dealkylation sites (tertiary alicyclic amines) is 1. The van der Waals surface area contributed by atoms with E-state index in [4.69, 9.17) is 10.5 Å². The van der Waals surface area contributed by atoms with Gasteiger partial charge >= 0.3 is 0 Å². The van der Waals surface area contributed by atoms with Gasteiger partial charge in [0, 0.05) is 25.6 Å². The van der Waals surface area contributed by atoms with Crippen molar-refractivity contribution in [1.29, 1.82) is 0 Å². The van der Waals surface area contributed by atoms with Gasteiger partial charge in [0.2, 0.25) is 11.8 Å². The predicted octanol–water partition coefficient (Wildman–Crippen LogP) is -0.214. The highest BCUT2D eigenvalue weighted by atomic mass is 16.5. The maximum absolute atomic E-state index is 12.9. The Kier molecular flexibility index (Phi) is 7.76. The number of nitrogens with zero attached hydrogens (tertiary/aromatic N) is 2. The summed E-state index contributed by atoms with van der Waals surface area (Å²) in [5, 5.41) is 5.16. The second-order valence-electron chi connectivity index (χ2n) is 9.12. The van der Waals surface area contributed by atoms with E-state index in [1.807, 2.05) is 0 Å². The molecular formula is C24H31N5O6. The third-order valence-electron chi connectivity index (χ3n) is 6.66. The molecule has 0 spiro atoms. The lowest BCUT2D eigenvalue weighted by Crippen LogP contribution is -2.54. The number of carbonyl (C=O) groups excluding carboxylic acids is 5. The van der Waals surface area contributed by atoms with Gasteiger partial charge in [-0.2, -0.15) is 0 Å². The van der Waals surface area contributed by atoms with Gasteiger partial charge in [0.25, 0.3) is 17.7 Å². The Bertz CT molecular complexity index is 1020. The Hall–Kier alpha value is -3.31. The fourth-order valence-electron chi connectivity index (χ4n) is 4.74. The topological polar surface area (TPSA) is 151 Å². The second-order valence-corrected chi connectivity index (χ2v) is 9.12. The van der Waals surface area contributed by atoms with Gasteiger partial charge in [0.15, 0.2) is 6.61 Å². The van der Waals surface area contributed by atoms with Crippen LogP contribution in [0, 0.1) is 0 Å². The molecule has 1 unspecified atom stereocenters. The molecule has 0 aliphatic carbocycles. The molecule has 188 valence electrons. The highest BCUT2D eigenvalue weighted by Crippen LogP contribution is 2.30. The van der Waals surface area contributed by atoms with Gasteiger partial charge in [-0.1, -0.05) is 0 Å². The van der Waals surface area contributed by atoms with Crippen molar-refractivity contribution >= 4 is 29.5 Å². The van der Waals surface area contributed by atoms with E-state index in [0.29, 0.717) is 6.54 Å². The largest absolute Gasteiger partial charge is 0.484 e. The minimum atomic E-state index is -1.03. The number of benzene rings is 1. The Labute approximate surface area is 203 Å². The average Bonchev–Trinajstić information content (AvgIpc) is 3.08. The number of unbranched alkanes of at least 4 members (excludes halogenated alkanes) is 1. The highest BCUT2D eigenvalue weighted by molar-refractivity contribution is 6.23. The molecule has 0 saturated carbocycles. The third-order valence-corrected chi connectivity index (χ3v) is 6.66. The van der Waals surface area contributed by atoms with Crippen molar-refractivity contribution in [3.8, 4) is 5.75 Å². The summed E-state index contributed by atoms with van der Waals surface area (Å²) in [6, 6.07) is 3.45. The van der Waals surface area contributed by atoms with Crippen LogP contribution in [0.15, 0.2) is 18.2 Å². The van der Waals surface area contributed by atoms with Crippen LogP contribution in [0.2, 0.25) is 0 Å². The number of carbonyl (C=O) groups is 5. The van der Waals surface area contributed by atoms with Crippen LogP contribution < -0.4 is 21.1 Å². The predicted molar refractivity (Wildman–Crippen MR) is 125 cm³/mol. The standard InChI is InChI=1S/C24H31N5O6/c25-9-1-2-10-28-11-7-15(8-12-28)26-21(31)14-35-16-3-4-17-18(13-16)24(34)29(23(17)33)19-5-6-20(30)27-22(19)32/h3-4,13,15,19H,1-2,5-12,14,25H2,(H,26,31)(H,27,30,32). The van der Waals surface area contributed by atoms with Crippen LogP contribution in [-0.2, 0) is 14.4 Å². The van der Waals surface area contributed by atoms with E-state index in [0.717, 1.165) is 50.2 Å². The SMILES string of the molecule is NCCCCN1CCC(NC(=O)COc2ccc3c(c2)C(=O)N(C2CCC(=O)NC2=O)C3=O)CC1. The number of ether oxygens (including phenoxy) is 1. The Morgan fingerprint density at radius 1 is 1.06 bits per heavy atom. The maximum atomic E-state index is 12.9. The summed E-state index contributed by atoms with van der Waals surface area (Å²) in [7, 11) is 0. The molecule has 3 aliphatic heterocycles. The van der Waals surface area contributed by atoms with E-state index < -0.39 is 29.7 Å². The number of amides is 5. The van der Waals surface area contributed by atoms with Crippen LogP contribution in [0.5, 0.6) is 5.75 Å². The average molecular weight is 486 g/mol. The maximum Gasteiger partial charge on any atom is 0.262 e. The Morgan fingerprint density at radius 3 is 2.51 bits per heavy atom. The lowest BCUT2D eigenvalue weighted by atomic mass is 10.0. The van der Waals surface area contributed by atoms with Crippen molar-refractivity contribution in [2.75, 3.05) is 32.8 Å². The molecule has 11 heteroatoms. The van der Waals surface area contributed by atoms with Crippen LogP contribution >= 0.6 is 0 Å². The summed E-state index contributed by atoms with van der Waals surface area (Å²) in [4.78, 5) is 64.9. The summed E-state index contributed by atoms with van der Waals surface area (Å²) in [6.45, 7) is 3.39. The van der Waals surface area contributed by atoms with E-state index in [9.17, 15) is 24.0 Å². The van der Waals surface area contributed by atoms with Crippen LogP contribution in [0.3, 0.4) is 0 Å². The number of nitrogens with one attached hydrogen (secondary N) is 2.